The molecule has 0 aliphatic carbocycles. The Balaban J connectivity index is 2.20. The molecule has 0 aromatic heterocycles. The lowest BCUT2D eigenvalue weighted by Crippen LogP contribution is -2.36. The molecule has 0 spiro atoms. The van der Waals surface area contributed by atoms with Gasteiger partial charge in [0.15, 0.2) is 0 Å². The fourth-order valence-corrected chi connectivity index (χ4v) is 3.14. The van der Waals surface area contributed by atoms with Crippen molar-refractivity contribution in [3.8, 4) is 11.5 Å². The van der Waals surface area contributed by atoms with E-state index in [9.17, 15) is 0 Å². The second-order valence-corrected chi connectivity index (χ2v) is 5.93. The lowest BCUT2D eigenvalue weighted by Gasteiger charge is -2.31. The van der Waals surface area contributed by atoms with Crippen molar-refractivity contribution in [3.05, 3.63) is 35.9 Å². The molecular formula is C16H20O3. The van der Waals surface area contributed by atoms with Crippen LogP contribution >= 0.6 is 0 Å². The Kier molecular flexibility index (Phi) is 2.49. The summed E-state index contributed by atoms with van der Waals surface area (Å²) in [6, 6.07) is 4.05. The van der Waals surface area contributed by atoms with Crippen molar-refractivity contribution < 1.29 is 14.2 Å². The number of methoxy groups -OCH3 is 1. The number of hydrogen-bond donors (Lipinski definition) is 0. The predicted molar refractivity (Wildman–Crippen MR) is 73.8 cm³/mol. The van der Waals surface area contributed by atoms with E-state index in [0.717, 1.165) is 29.0 Å². The van der Waals surface area contributed by atoms with Gasteiger partial charge in [0.05, 0.1) is 7.11 Å². The minimum absolute atomic E-state index is 0.0609. The quantitative estimate of drug-likeness (QED) is 0.763. The van der Waals surface area contributed by atoms with E-state index in [1.165, 1.54) is 0 Å². The zero-order chi connectivity index (χ0) is 13.8. The Morgan fingerprint density at radius 2 is 2.16 bits per heavy atom. The fourth-order valence-electron chi connectivity index (χ4n) is 3.14. The Bertz CT molecular complexity index is 547. The van der Waals surface area contributed by atoms with Gasteiger partial charge in [0.25, 0.3) is 0 Å². The van der Waals surface area contributed by atoms with E-state index in [1.807, 2.05) is 25.1 Å². The van der Waals surface area contributed by atoms with Crippen molar-refractivity contribution >= 4 is 0 Å². The molecule has 1 aromatic rings. The summed E-state index contributed by atoms with van der Waals surface area (Å²) in [5.41, 5.74) is 1.32. The molecule has 2 atom stereocenters. The predicted octanol–water partition coefficient (Wildman–Crippen LogP) is 3.34. The van der Waals surface area contributed by atoms with Crippen molar-refractivity contribution in [3.63, 3.8) is 0 Å². The standard InChI is InChI=1S/C16H20O3/c1-6-16-9-14(15(3,4)19-16)18-13-7-10(2)12(17-5)8-11(13)16/h6-8,14H,1,9H2,2-5H3/t14-,16-/m1/s1. The van der Waals surface area contributed by atoms with Crippen LogP contribution in [-0.4, -0.2) is 18.8 Å². The van der Waals surface area contributed by atoms with Crippen molar-refractivity contribution in [2.75, 3.05) is 7.11 Å². The largest absolute Gasteiger partial charge is 0.496 e. The van der Waals surface area contributed by atoms with Crippen LogP contribution in [0.3, 0.4) is 0 Å². The van der Waals surface area contributed by atoms with Gasteiger partial charge in [0.1, 0.15) is 28.8 Å². The molecule has 3 heteroatoms. The number of rotatable bonds is 2. The van der Waals surface area contributed by atoms with Crippen LogP contribution in [-0.2, 0) is 10.3 Å². The molecule has 2 bridgehead atoms. The summed E-state index contributed by atoms with van der Waals surface area (Å²) >= 11 is 0. The van der Waals surface area contributed by atoms with Gasteiger partial charge in [-0.05, 0) is 38.5 Å². The molecular weight excluding hydrogens is 240 g/mol. The topological polar surface area (TPSA) is 27.7 Å². The maximum Gasteiger partial charge on any atom is 0.130 e. The molecule has 0 N–H and O–H groups in total. The highest BCUT2D eigenvalue weighted by Crippen LogP contribution is 2.54. The van der Waals surface area contributed by atoms with Gasteiger partial charge in [-0.2, -0.15) is 0 Å². The van der Waals surface area contributed by atoms with Crippen LogP contribution in [0, 0.1) is 6.92 Å². The SMILES string of the molecule is C=C[C@@]12C[C@@H](Oc3cc(C)c(OC)cc31)C(C)(C)O2. The van der Waals surface area contributed by atoms with Gasteiger partial charge in [0, 0.05) is 12.0 Å². The Morgan fingerprint density at radius 1 is 1.42 bits per heavy atom. The number of hydrogen-bond acceptors (Lipinski definition) is 3. The van der Waals surface area contributed by atoms with E-state index in [0.29, 0.717) is 0 Å². The third kappa shape index (κ3) is 1.61. The second-order valence-electron chi connectivity index (χ2n) is 5.93. The zero-order valence-electron chi connectivity index (χ0n) is 11.9. The lowest BCUT2D eigenvalue weighted by molar-refractivity contribution is -0.0723. The maximum atomic E-state index is 6.28. The number of aryl methyl sites for hydroxylation is 1. The van der Waals surface area contributed by atoms with E-state index in [4.69, 9.17) is 14.2 Å². The van der Waals surface area contributed by atoms with E-state index < -0.39 is 5.60 Å². The van der Waals surface area contributed by atoms with Crippen LogP contribution in [0.4, 0.5) is 0 Å². The van der Waals surface area contributed by atoms with Gasteiger partial charge in [-0.1, -0.05) is 12.7 Å². The molecule has 2 aliphatic heterocycles. The first-order valence-electron chi connectivity index (χ1n) is 6.61. The van der Waals surface area contributed by atoms with E-state index in [-0.39, 0.29) is 11.7 Å². The Morgan fingerprint density at radius 3 is 2.79 bits per heavy atom. The summed E-state index contributed by atoms with van der Waals surface area (Å²) in [7, 11) is 1.68. The van der Waals surface area contributed by atoms with E-state index in [1.54, 1.807) is 7.11 Å². The van der Waals surface area contributed by atoms with Gasteiger partial charge in [0.2, 0.25) is 0 Å². The van der Waals surface area contributed by atoms with Crippen molar-refractivity contribution in [2.24, 2.45) is 0 Å². The van der Waals surface area contributed by atoms with E-state index in [2.05, 4.69) is 20.4 Å². The normalized spacial score (nSPS) is 30.4. The van der Waals surface area contributed by atoms with E-state index >= 15 is 0 Å². The highest BCUT2D eigenvalue weighted by atomic mass is 16.6. The molecule has 0 amide bonds. The summed E-state index contributed by atoms with van der Waals surface area (Å²) in [4.78, 5) is 0. The van der Waals surface area contributed by atoms with Gasteiger partial charge < -0.3 is 14.2 Å². The molecule has 2 heterocycles. The lowest BCUT2D eigenvalue weighted by atomic mass is 9.85. The highest BCUT2D eigenvalue weighted by Gasteiger charge is 2.56. The van der Waals surface area contributed by atoms with Crippen molar-refractivity contribution in [2.45, 2.75) is 44.5 Å². The molecule has 0 unspecified atom stereocenters. The second kappa shape index (κ2) is 3.76. The summed E-state index contributed by atoms with van der Waals surface area (Å²) in [6.45, 7) is 10.1. The molecule has 3 nitrogen and oxygen atoms in total. The average molecular weight is 260 g/mol. The number of benzene rings is 1. The van der Waals surface area contributed by atoms with Gasteiger partial charge in [-0.25, -0.2) is 0 Å². The van der Waals surface area contributed by atoms with Gasteiger partial charge in [-0.15, -0.1) is 0 Å². The smallest absolute Gasteiger partial charge is 0.130 e. The number of ether oxygens (including phenoxy) is 3. The monoisotopic (exact) mass is 260 g/mol. The molecule has 1 fully saturated rings. The van der Waals surface area contributed by atoms with Crippen molar-refractivity contribution in [1.29, 1.82) is 0 Å². The summed E-state index contributed by atoms with van der Waals surface area (Å²) in [5, 5.41) is 0. The highest BCUT2D eigenvalue weighted by molar-refractivity contribution is 5.52. The van der Waals surface area contributed by atoms with Crippen LogP contribution in [0.15, 0.2) is 24.8 Å². The first-order chi connectivity index (χ1) is 8.92. The van der Waals surface area contributed by atoms with Crippen LogP contribution in [0.25, 0.3) is 0 Å². The first-order valence-corrected chi connectivity index (χ1v) is 6.61. The summed E-state index contributed by atoms with van der Waals surface area (Å²) in [5.74, 6) is 1.75. The van der Waals surface area contributed by atoms with Gasteiger partial charge >= 0.3 is 0 Å². The minimum Gasteiger partial charge on any atom is -0.496 e. The molecule has 19 heavy (non-hydrogen) atoms. The third-order valence-corrected chi connectivity index (χ3v) is 4.26. The molecule has 102 valence electrons. The molecule has 0 radical (unpaired) electrons. The zero-order valence-corrected chi connectivity index (χ0v) is 11.9. The fraction of sp³-hybridized carbons (Fsp3) is 0.500. The number of fused-ring (bicyclic) bond motifs is 4. The summed E-state index contributed by atoms with van der Waals surface area (Å²) < 4.78 is 17.8. The molecule has 1 aromatic carbocycles. The van der Waals surface area contributed by atoms with Crippen LogP contribution in [0.5, 0.6) is 11.5 Å². The molecule has 0 saturated carbocycles. The summed E-state index contributed by atoms with van der Waals surface area (Å²) in [6.07, 6.45) is 2.76. The average Bonchev–Trinajstić information content (AvgIpc) is 2.58. The Hall–Kier alpha value is -1.48. The van der Waals surface area contributed by atoms with Gasteiger partial charge in [-0.3, -0.25) is 0 Å². The Labute approximate surface area is 114 Å². The molecule has 1 saturated heterocycles. The third-order valence-electron chi connectivity index (χ3n) is 4.26. The van der Waals surface area contributed by atoms with Crippen LogP contribution in [0.1, 0.15) is 31.4 Å². The maximum absolute atomic E-state index is 6.28. The van der Waals surface area contributed by atoms with Crippen LogP contribution in [0.2, 0.25) is 0 Å². The minimum atomic E-state index is -0.456. The molecule has 2 aliphatic rings. The first kappa shape index (κ1) is 12.5. The van der Waals surface area contributed by atoms with Crippen molar-refractivity contribution in [1.82, 2.24) is 0 Å². The molecule has 3 rings (SSSR count). The van der Waals surface area contributed by atoms with Crippen LogP contribution < -0.4 is 9.47 Å².